The second-order valence-corrected chi connectivity index (χ2v) is 4.87. The Morgan fingerprint density at radius 1 is 1.23 bits per heavy atom. The number of nitrogen functional groups attached to an aromatic ring is 1. The first-order chi connectivity index (χ1) is 10.8. The summed E-state index contributed by atoms with van der Waals surface area (Å²) in [5.74, 6) is 6.01. The first-order valence-corrected chi connectivity index (χ1v) is 7.05. The maximum absolute atomic E-state index is 12.0. The quantitative estimate of drug-likeness (QED) is 0.489. The Morgan fingerprint density at radius 3 is 2.64 bits per heavy atom. The third kappa shape index (κ3) is 2.90. The molecule has 1 amide bonds. The Morgan fingerprint density at radius 2 is 1.95 bits per heavy atom. The lowest BCUT2D eigenvalue weighted by molar-refractivity contribution is 0.0951. The molecule has 2 aromatic rings. The van der Waals surface area contributed by atoms with Gasteiger partial charge in [-0.25, -0.2) is 15.8 Å². The van der Waals surface area contributed by atoms with Gasteiger partial charge < -0.3 is 9.64 Å². The van der Waals surface area contributed by atoms with Crippen LogP contribution in [-0.2, 0) is 4.74 Å². The molecular formula is C15H17N5O2. The van der Waals surface area contributed by atoms with Crippen LogP contribution in [0.4, 0.5) is 5.82 Å². The van der Waals surface area contributed by atoms with Gasteiger partial charge in [-0.1, -0.05) is 30.3 Å². The summed E-state index contributed by atoms with van der Waals surface area (Å²) < 4.78 is 5.35. The van der Waals surface area contributed by atoms with Crippen molar-refractivity contribution in [2.45, 2.75) is 0 Å². The first-order valence-electron chi connectivity index (χ1n) is 7.05. The number of carbonyl (C=O) groups excluding carboxylic acids is 1. The van der Waals surface area contributed by atoms with Crippen LogP contribution in [0, 0.1) is 0 Å². The number of nitrogens with one attached hydrogen (secondary N) is 1. The molecule has 0 spiro atoms. The average Bonchev–Trinajstić information content (AvgIpc) is 2.62. The van der Waals surface area contributed by atoms with Crippen LogP contribution in [0.5, 0.6) is 0 Å². The minimum Gasteiger partial charge on any atom is -0.378 e. The highest BCUT2D eigenvalue weighted by atomic mass is 16.5. The van der Waals surface area contributed by atoms with Crippen LogP contribution >= 0.6 is 0 Å². The fourth-order valence-electron chi connectivity index (χ4n) is 2.35. The van der Waals surface area contributed by atoms with Crippen LogP contribution in [0.15, 0.2) is 36.5 Å². The van der Waals surface area contributed by atoms with Crippen molar-refractivity contribution in [2.24, 2.45) is 5.84 Å². The Hall–Kier alpha value is -2.51. The number of anilines is 1. The van der Waals surface area contributed by atoms with Crippen molar-refractivity contribution in [1.82, 2.24) is 15.4 Å². The number of nitrogens with two attached hydrogens (primary N) is 1. The van der Waals surface area contributed by atoms with Crippen molar-refractivity contribution in [3.8, 4) is 11.4 Å². The van der Waals surface area contributed by atoms with Gasteiger partial charge in [-0.15, -0.1) is 0 Å². The Balaban J connectivity index is 2.03. The number of hydrazine groups is 1. The highest BCUT2D eigenvalue weighted by molar-refractivity contribution is 5.98. The Bertz CT molecular complexity index is 656. The molecule has 22 heavy (non-hydrogen) atoms. The number of amides is 1. The number of hydrogen-bond acceptors (Lipinski definition) is 6. The van der Waals surface area contributed by atoms with Gasteiger partial charge in [0.1, 0.15) is 11.4 Å². The summed E-state index contributed by atoms with van der Waals surface area (Å²) in [7, 11) is 0. The number of benzene rings is 1. The van der Waals surface area contributed by atoms with Gasteiger partial charge in [0.2, 0.25) is 0 Å². The molecule has 1 aliphatic rings. The summed E-state index contributed by atoms with van der Waals surface area (Å²) in [5, 5.41) is 0. The summed E-state index contributed by atoms with van der Waals surface area (Å²) in [4.78, 5) is 22.8. The molecule has 114 valence electrons. The zero-order valence-electron chi connectivity index (χ0n) is 12.0. The van der Waals surface area contributed by atoms with Gasteiger partial charge in [0.05, 0.1) is 13.2 Å². The van der Waals surface area contributed by atoms with E-state index >= 15 is 0 Å². The van der Waals surface area contributed by atoms with E-state index in [1.54, 1.807) is 0 Å². The fourth-order valence-corrected chi connectivity index (χ4v) is 2.35. The van der Waals surface area contributed by atoms with Gasteiger partial charge in [0.15, 0.2) is 5.82 Å². The lowest BCUT2D eigenvalue weighted by Gasteiger charge is -2.29. The van der Waals surface area contributed by atoms with Crippen LogP contribution in [0.1, 0.15) is 10.4 Å². The zero-order chi connectivity index (χ0) is 15.4. The van der Waals surface area contributed by atoms with Crippen LogP contribution < -0.4 is 16.2 Å². The van der Waals surface area contributed by atoms with Crippen molar-refractivity contribution < 1.29 is 9.53 Å². The molecule has 7 heteroatoms. The van der Waals surface area contributed by atoms with E-state index in [0.29, 0.717) is 43.5 Å². The molecule has 1 aliphatic heterocycles. The van der Waals surface area contributed by atoms with Crippen LogP contribution in [0.2, 0.25) is 0 Å². The Kier molecular flexibility index (Phi) is 4.27. The van der Waals surface area contributed by atoms with Crippen molar-refractivity contribution in [1.29, 1.82) is 0 Å². The Labute approximate surface area is 128 Å². The van der Waals surface area contributed by atoms with E-state index in [9.17, 15) is 4.79 Å². The van der Waals surface area contributed by atoms with E-state index in [2.05, 4.69) is 15.4 Å². The highest BCUT2D eigenvalue weighted by Gasteiger charge is 2.21. The number of rotatable bonds is 3. The molecule has 1 aromatic heterocycles. The van der Waals surface area contributed by atoms with Gasteiger partial charge in [-0.05, 0) is 0 Å². The number of morpholine rings is 1. The minimum absolute atomic E-state index is 0.365. The third-order valence-electron chi connectivity index (χ3n) is 3.49. The largest absolute Gasteiger partial charge is 0.378 e. The number of hydrogen-bond donors (Lipinski definition) is 2. The van der Waals surface area contributed by atoms with Gasteiger partial charge in [0, 0.05) is 24.8 Å². The minimum atomic E-state index is -0.402. The monoisotopic (exact) mass is 299 g/mol. The smallest absolute Gasteiger partial charge is 0.270 e. The molecule has 3 rings (SSSR count). The van der Waals surface area contributed by atoms with Crippen LogP contribution in [0.25, 0.3) is 11.4 Å². The highest BCUT2D eigenvalue weighted by Crippen LogP contribution is 2.23. The topological polar surface area (TPSA) is 93.4 Å². The lowest BCUT2D eigenvalue weighted by Crippen LogP contribution is -2.39. The third-order valence-corrected chi connectivity index (χ3v) is 3.49. The van der Waals surface area contributed by atoms with E-state index in [0.717, 1.165) is 5.56 Å². The molecule has 0 saturated carbocycles. The van der Waals surface area contributed by atoms with E-state index in [1.165, 1.54) is 6.20 Å². The molecule has 0 bridgehead atoms. The average molecular weight is 299 g/mol. The molecule has 1 fully saturated rings. The van der Waals surface area contributed by atoms with Gasteiger partial charge in [0.25, 0.3) is 5.91 Å². The predicted molar refractivity (Wildman–Crippen MR) is 82.2 cm³/mol. The number of aromatic nitrogens is 2. The zero-order valence-corrected chi connectivity index (χ0v) is 12.0. The molecule has 1 saturated heterocycles. The van der Waals surface area contributed by atoms with Crippen LogP contribution in [-0.4, -0.2) is 42.2 Å². The molecule has 0 radical (unpaired) electrons. The van der Waals surface area contributed by atoms with E-state index in [-0.39, 0.29) is 0 Å². The first kappa shape index (κ1) is 14.4. The van der Waals surface area contributed by atoms with Crippen LogP contribution in [0.3, 0.4) is 0 Å². The SMILES string of the molecule is NNC(=O)c1cnc(-c2ccccc2)nc1N1CCOCC1. The molecule has 0 atom stereocenters. The van der Waals surface area contributed by atoms with E-state index in [1.807, 2.05) is 35.2 Å². The predicted octanol–water partition coefficient (Wildman–Crippen LogP) is 0.584. The number of ether oxygens (including phenoxy) is 1. The molecular weight excluding hydrogens is 282 g/mol. The van der Waals surface area contributed by atoms with Gasteiger partial charge in [-0.2, -0.15) is 0 Å². The van der Waals surface area contributed by atoms with Crippen molar-refractivity contribution in [3.05, 3.63) is 42.1 Å². The molecule has 2 heterocycles. The maximum Gasteiger partial charge on any atom is 0.270 e. The van der Waals surface area contributed by atoms with Crippen molar-refractivity contribution >= 4 is 11.7 Å². The maximum atomic E-state index is 12.0. The summed E-state index contributed by atoms with van der Waals surface area (Å²) in [6.45, 7) is 2.56. The second-order valence-electron chi connectivity index (χ2n) is 4.87. The molecule has 0 unspecified atom stereocenters. The van der Waals surface area contributed by atoms with Crippen molar-refractivity contribution in [3.63, 3.8) is 0 Å². The summed E-state index contributed by atoms with van der Waals surface area (Å²) in [6.07, 6.45) is 1.52. The number of nitrogens with zero attached hydrogens (tertiary/aromatic N) is 3. The molecule has 3 N–H and O–H groups in total. The van der Waals surface area contributed by atoms with Gasteiger partial charge >= 0.3 is 0 Å². The molecule has 1 aromatic carbocycles. The number of carbonyl (C=O) groups is 1. The lowest BCUT2D eigenvalue weighted by atomic mass is 10.2. The van der Waals surface area contributed by atoms with E-state index < -0.39 is 5.91 Å². The normalized spacial score (nSPS) is 14.7. The van der Waals surface area contributed by atoms with E-state index in [4.69, 9.17) is 10.6 Å². The summed E-state index contributed by atoms with van der Waals surface area (Å²) in [6, 6.07) is 9.64. The summed E-state index contributed by atoms with van der Waals surface area (Å²) in [5.41, 5.74) is 3.41. The molecule has 0 aliphatic carbocycles. The fraction of sp³-hybridized carbons (Fsp3) is 0.267. The standard InChI is InChI=1S/C15H17N5O2/c16-19-15(21)12-10-17-13(11-4-2-1-3-5-11)18-14(12)20-6-8-22-9-7-20/h1-5,10H,6-9,16H2,(H,19,21). The second kappa shape index (κ2) is 6.50. The van der Waals surface area contributed by atoms with Gasteiger partial charge in [-0.3, -0.25) is 10.2 Å². The molecule has 7 nitrogen and oxygen atoms in total. The van der Waals surface area contributed by atoms with Crippen molar-refractivity contribution in [2.75, 3.05) is 31.2 Å². The summed E-state index contributed by atoms with van der Waals surface area (Å²) >= 11 is 0.